The molecule has 0 unspecified atom stereocenters. The van der Waals surface area contributed by atoms with Gasteiger partial charge in [0, 0.05) is 24.1 Å². The van der Waals surface area contributed by atoms with Crippen molar-refractivity contribution in [3.63, 3.8) is 0 Å². The van der Waals surface area contributed by atoms with Crippen LogP contribution in [-0.4, -0.2) is 38.1 Å². The van der Waals surface area contributed by atoms with Crippen LogP contribution in [0, 0.1) is 0 Å². The predicted molar refractivity (Wildman–Crippen MR) is 80.8 cm³/mol. The van der Waals surface area contributed by atoms with Gasteiger partial charge in [-0.15, -0.1) is 0 Å². The fraction of sp³-hybridized carbons (Fsp3) is 0.312. The van der Waals surface area contributed by atoms with Gasteiger partial charge >= 0.3 is 0 Å². The molecule has 1 saturated heterocycles. The van der Waals surface area contributed by atoms with Crippen LogP contribution in [0.25, 0.3) is 16.6 Å². The van der Waals surface area contributed by atoms with Gasteiger partial charge in [-0.05, 0) is 18.6 Å². The number of aliphatic hydroxyl groups excluding tert-OH is 1. The molecule has 6 heteroatoms. The van der Waals surface area contributed by atoms with Crippen LogP contribution < -0.4 is 0 Å². The molecule has 0 bridgehead atoms. The van der Waals surface area contributed by atoms with Crippen LogP contribution in [0.3, 0.4) is 0 Å². The van der Waals surface area contributed by atoms with Crippen LogP contribution in [0.15, 0.2) is 36.5 Å². The molecule has 1 atom stereocenters. The zero-order valence-electron chi connectivity index (χ0n) is 12.0. The normalized spacial score (nSPS) is 18.1. The van der Waals surface area contributed by atoms with Crippen molar-refractivity contribution in [1.29, 1.82) is 0 Å². The Labute approximate surface area is 127 Å². The molecule has 3 heterocycles. The Morgan fingerprint density at radius 3 is 3.00 bits per heavy atom. The molecule has 6 nitrogen and oxygen atoms in total. The van der Waals surface area contributed by atoms with Crippen LogP contribution >= 0.6 is 0 Å². The van der Waals surface area contributed by atoms with Crippen molar-refractivity contribution in [2.24, 2.45) is 0 Å². The number of rotatable bonds is 3. The molecule has 0 radical (unpaired) electrons. The second-order valence-electron chi connectivity index (χ2n) is 5.37. The molecule has 4 rings (SSSR count). The van der Waals surface area contributed by atoms with E-state index in [4.69, 9.17) is 4.74 Å². The van der Waals surface area contributed by atoms with E-state index in [1.165, 1.54) is 0 Å². The Morgan fingerprint density at radius 1 is 1.27 bits per heavy atom. The van der Waals surface area contributed by atoms with Crippen molar-refractivity contribution in [1.82, 2.24) is 19.7 Å². The molecule has 0 aliphatic carbocycles. The summed E-state index contributed by atoms with van der Waals surface area (Å²) in [5, 5.41) is 15.3. The van der Waals surface area contributed by atoms with Crippen molar-refractivity contribution < 1.29 is 9.84 Å². The third-order valence-electron chi connectivity index (χ3n) is 3.97. The first-order chi connectivity index (χ1) is 10.9. The van der Waals surface area contributed by atoms with E-state index in [0.717, 1.165) is 35.4 Å². The van der Waals surface area contributed by atoms with Gasteiger partial charge in [-0.25, -0.2) is 9.67 Å². The van der Waals surface area contributed by atoms with Crippen molar-refractivity contribution >= 4 is 10.9 Å². The lowest BCUT2D eigenvalue weighted by Gasteiger charge is -2.07. The van der Waals surface area contributed by atoms with E-state index >= 15 is 0 Å². The average molecular weight is 296 g/mol. The van der Waals surface area contributed by atoms with E-state index in [1.54, 1.807) is 10.9 Å². The summed E-state index contributed by atoms with van der Waals surface area (Å²) < 4.78 is 7.10. The van der Waals surface area contributed by atoms with Gasteiger partial charge in [0.2, 0.25) is 0 Å². The standard InChI is InChI=1S/C16H16N4O2/c21-9-14-18-16(12-6-8-22-10-12)19-20(14)13-5-1-3-11-4-2-7-17-15(11)13/h1-5,7,12,21H,6,8-10H2/t12-/m0/s1. The Morgan fingerprint density at radius 2 is 2.18 bits per heavy atom. The number of nitrogens with zero attached hydrogens (tertiary/aromatic N) is 4. The van der Waals surface area contributed by atoms with Crippen molar-refractivity contribution in [3.8, 4) is 5.69 Å². The van der Waals surface area contributed by atoms with Gasteiger partial charge in [-0.2, -0.15) is 5.10 Å². The first-order valence-corrected chi connectivity index (χ1v) is 7.35. The summed E-state index contributed by atoms with van der Waals surface area (Å²) in [7, 11) is 0. The molecule has 2 aromatic heterocycles. The second kappa shape index (κ2) is 5.47. The topological polar surface area (TPSA) is 73.1 Å². The molecule has 1 aliphatic rings. The Kier molecular flexibility index (Phi) is 3.32. The lowest BCUT2D eigenvalue weighted by Crippen LogP contribution is -2.05. The largest absolute Gasteiger partial charge is 0.388 e. The molecule has 0 saturated carbocycles. The smallest absolute Gasteiger partial charge is 0.158 e. The van der Waals surface area contributed by atoms with Crippen molar-refractivity contribution in [2.75, 3.05) is 13.2 Å². The lowest BCUT2D eigenvalue weighted by atomic mass is 10.1. The lowest BCUT2D eigenvalue weighted by molar-refractivity contribution is 0.193. The minimum absolute atomic E-state index is 0.163. The van der Waals surface area contributed by atoms with Gasteiger partial charge in [0.1, 0.15) is 6.61 Å². The Balaban J connectivity index is 1.86. The van der Waals surface area contributed by atoms with E-state index < -0.39 is 0 Å². The number of fused-ring (bicyclic) bond motifs is 1. The van der Waals surface area contributed by atoms with Gasteiger partial charge in [-0.3, -0.25) is 4.98 Å². The van der Waals surface area contributed by atoms with E-state index in [0.29, 0.717) is 12.4 Å². The van der Waals surface area contributed by atoms with Gasteiger partial charge in [0.05, 0.1) is 17.8 Å². The molecule has 1 aromatic carbocycles. The maximum Gasteiger partial charge on any atom is 0.158 e. The highest BCUT2D eigenvalue weighted by Crippen LogP contribution is 2.25. The molecular formula is C16H16N4O2. The number of aromatic nitrogens is 4. The monoisotopic (exact) mass is 296 g/mol. The predicted octanol–water partition coefficient (Wildman–Crippen LogP) is 1.81. The fourth-order valence-corrected chi connectivity index (χ4v) is 2.83. The van der Waals surface area contributed by atoms with Gasteiger partial charge in [-0.1, -0.05) is 18.2 Å². The molecular weight excluding hydrogens is 280 g/mol. The second-order valence-corrected chi connectivity index (χ2v) is 5.37. The minimum atomic E-state index is -0.163. The van der Waals surface area contributed by atoms with Crippen LogP contribution in [-0.2, 0) is 11.3 Å². The number of benzene rings is 1. The number of hydrogen-bond acceptors (Lipinski definition) is 5. The highest BCUT2D eigenvalue weighted by molar-refractivity contribution is 5.86. The Hall–Kier alpha value is -2.31. The number of para-hydroxylation sites is 1. The summed E-state index contributed by atoms with van der Waals surface area (Å²) in [5.41, 5.74) is 1.68. The zero-order valence-corrected chi connectivity index (χ0v) is 12.0. The van der Waals surface area contributed by atoms with Gasteiger partial charge in [0.25, 0.3) is 0 Å². The summed E-state index contributed by atoms with van der Waals surface area (Å²) in [5.74, 6) is 1.46. The first-order valence-electron chi connectivity index (χ1n) is 7.35. The van der Waals surface area contributed by atoms with E-state index in [-0.39, 0.29) is 12.5 Å². The molecule has 1 fully saturated rings. The molecule has 1 aliphatic heterocycles. The summed E-state index contributed by atoms with van der Waals surface area (Å²) >= 11 is 0. The molecule has 0 spiro atoms. The van der Waals surface area contributed by atoms with Crippen LogP contribution in [0.4, 0.5) is 0 Å². The Bertz CT molecular complexity index is 804. The third-order valence-corrected chi connectivity index (χ3v) is 3.97. The van der Waals surface area contributed by atoms with Crippen LogP contribution in [0.5, 0.6) is 0 Å². The molecule has 112 valence electrons. The van der Waals surface area contributed by atoms with Gasteiger partial charge in [0.15, 0.2) is 11.6 Å². The number of hydrogen-bond donors (Lipinski definition) is 1. The van der Waals surface area contributed by atoms with Gasteiger partial charge < -0.3 is 9.84 Å². The average Bonchev–Trinajstić information content (AvgIpc) is 3.23. The van der Waals surface area contributed by atoms with E-state index in [2.05, 4.69) is 15.1 Å². The molecule has 22 heavy (non-hydrogen) atoms. The van der Waals surface area contributed by atoms with E-state index in [1.807, 2.05) is 30.3 Å². The summed E-state index contributed by atoms with van der Waals surface area (Å²) in [6.45, 7) is 1.22. The summed E-state index contributed by atoms with van der Waals surface area (Å²) in [6, 6.07) is 9.82. The summed E-state index contributed by atoms with van der Waals surface area (Å²) in [6.07, 6.45) is 2.68. The number of ether oxygens (including phenoxy) is 1. The van der Waals surface area contributed by atoms with E-state index in [9.17, 15) is 5.11 Å². The van der Waals surface area contributed by atoms with Crippen LogP contribution in [0.2, 0.25) is 0 Å². The SMILES string of the molecule is OCc1nc([C@H]2CCOC2)nn1-c1cccc2cccnc12. The van der Waals surface area contributed by atoms with Crippen LogP contribution in [0.1, 0.15) is 24.0 Å². The third kappa shape index (κ3) is 2.17. The molecule has 1 N–H and O–H groups in total. The highest BCUT2D eigenvalue weighted by Gasteiger charge is 2.24. The maximum absolute atomic E-state index is 9.63. The molecule has 3 aromatic rings. The zero-order chi connectivity index (χ0) is 14.9. The quantitative estimate of drug-likeness (QED) is 0.798. The number of aliphatic hydroxyl groups is 1. The molecule has 0 amide bonds. The number of pyridine rings is 1. The summed E-state index contributed by atoms with van der Waals surface area (Å²) in [4.78, 5) is 8.93. The highest BCUT2D eigenvalue weighted by atomic mass is 16.5. The maximum atomic E-state index is 9.63. The fourth-order valence-electron chi connectivity index (χ4n) is 2.83. The first kappa shape index (κ1) is 13.4. The van der Waals surface area contributed by atoms with Crippen molar-refractivity contribution in [2.45, 2.75) is 18.9 Å². The minimum Gasteiger partial charge on any atom is -0.388 e. The van der Waals surface area contributed by atoms with Crippen molar-refractivity contribution in [3.05, 3.63) is 48.2 Å².